The van der Waals surface area contributed by atoms with Gasteiger partial charge in [-0.25, -0.2) is 0 Å². The van der Waals surface area contributed by atoms with Gasteiger partial charge in [0.1, 0.15) is 0 Å². The zero-order valence-corrected chi connectivity index (χ0v) is 17.4. The van der Waals surface area contributed by atoms with Gasteiger partial charge in [-0.3, -0.25) is 9.69 Å². The van der Waals surface area contributed by atoms with Crippen LogP contribution in [0.25, 0.3) is 16.5 Å². The number of allylic oxidation sites excluding steroid dienone is 1. The zero-order valence-electron chi connectivity index (χ0n) is 17.4. The van der Waals surface area contributed by atoms with Crippen LogP contribution < -0.4 is 0 Å². The molecule has 150 valence electrons. The lowest BCUT2D eigenvalue weighted by molar-refractivity contribution is -0.139. The number of hydrogen-bond donors (Lipinski definition) is 1. The summed E-state index contributed by atoms with van der Waals surface area (Å²) in [6, 6.07) is 18.9. The van der Waals surface area contributed by atoms with Gasteiger partial charge in [0.05, 0.1) is 13.5 Å². The van der Waals surface area contributed by atoms with E-state index in [1.54, 1.807) is 0 Å². The van der Waals surface area contributed by atoms with Crippen molar-refractivity contribution >= 4 is 22.4 Å². The predicted molar refractivity (Wildman–Crippen MR) is 118 cm³/mol. The van der Waals surface area contributed by atoms with Gasteiger partial charge in [-0.1, -0.05) is 54.6 Å². The van der Waals surface area contributed by atoms with Crippen LogP contribution in [0.4, 0.5) is 0 Å². The molecule has 1 aliphatic rings. The minimum atomic E-state index is -0.209. The molecular weight excluding hydrogens is 360 g/mol. The van der Waals surface area contributed by atoms with Crippen molar-refractivity contribution < 1.29 is 9.53 Å². The van der Waals surface area contributed by atoms with Crippen molar-refractivity contribution in [2.24, 2.45) is 0 Å². The van der Waals surface area contributed by atoms with Gasteiger partial charge in [0.15, 0.2) is 0 Å². The molecule has 1 aromatic heterocycles. The highest BCUT2D eigenvalue weighted by atomic mass is 16.5. The van der Waals surface area contributed by atoms with Crippen molar-refractivity contribution in [2.75, 3.05) is 21.2 Å². The van der Waals surface area contributed by atoms with E-state index in [0.29, 0.717) is 0 Å². The first-order valence-electron chi connectivity index (χ1n) is 10.1. The molecule has 0 aliphatic heterocycles. The number of carbonyl (C=O) groups is 1. The van der Waals surface area contributed by atoms with E-state index in [2.05, 4.69) is 72.5 Å². The number of H-pyrrole nitrogens is 1. The first-order chi connectivity index (χ1) is 14.0. The van der Waals surface area contributed by atoms with E-state index in [1.807, 2.05) is 12.1 Å². The number of hydrogen-bond acceptors (Lipinski definition) is 3. The number of nitrogens with one attached hydrogen (secondary N) is 1. The molecule has 1 aliphatic carbocycles. The van der Waals surface area contributed by atoms with Crippen molar-refractivity contribution in [3.05, 3.63) is 77.5 Å². The molecule has 1 N–H and O–H groups in total. The molecule has 4 rings (SSSR count). The SMILES string of the molecule is COC(=O)Cc1c(C2=CCC(c3ccccc3)(N(C)C)CC2)[nH]c2ccccc12. The summed E-state index contributed by atoms with van der Waals surface area (Å²) in [6.45, 7) is 0. The van der Waals surface area contributed by atoms with Crippen molar-refractivity contribution in [3.8, 4) is 0 Å². The minimum absolute atomic E-state index is 0.000706. The quantitative estimate of drug-likeness (QED) is 0.632. The van der Waals surface area contributed by atoms with Crippen LogP contribution in [0, 0.1) is 0 Å². The van der Waals surface area contributed by atoms with Gasteiger partial charge in [-0.05, 0) is 56.1 Å². The van der Waals surface area contributed by atoms with Crippen LogP contribution in [0.15, 0.2) is 60.7 Å². The third kappa shape index (κ3) is 3.49. The Bertz CT molecular complexity index is 1050. The smallest absolute Gasteiger partial charge is 0.310 e. The normalized spacial score (nSPS) is 19.4. The summed E-state index contributed by atoms with van der Waals surface area (Å²) in [7, 11) is 5.77. The number of benzene rings is 2. The topological polar surface area (TPSA) is 45.3 Å². The zero-order chi connectivity index (χ0) is 20.4. The minimum Gasteiger partial charge on any atom is -0.469 e. The number of esters is 1. The molecule has 1 heterocycles. The Morgan fingerprint density at radius 2 is 1.83 bits per heavy atom. The Kier molecular flexibility index (Phi) is 5.29. The monoisotopic (exact) mass is 388 g/mol. The Balaban J connectivity index is 1.74. The summed E-state index contributed by atoms with van der Waals surface area (Å²) in [5.74, 6) is -0.209. The molecule has 0 fully saturated rings. The largest absolute Gasteiger partial charge is 0.469 e. The van der Waals surface area contributed by atoms with Gasteiger partial charge >= 0.3 is 5.97 Å². The van der Waals surface area contributed by atoms with Gasteiger partial charge in [0.2, 0.25) is 0 Å². The summed E-state index contributed by atoms with van der Waals surface area (Å²) in [5, 5.41) is 1.10. The number of aromatic nitrogens is 1. The Labute approximate surface area is 172 Å². The van der Waals surface area contributed by atoms with Crippen LogP contribution in [0.2, 0.25) is 0 Å². The van der Waals surface area contributed by atoms with Gasteiger partial charge in [-0.15, -0.1) is 0 Å². The molecular formula is C25H28N2O2. The summed E-state index contributed by atoms with van der Waals surface area (Å²) < 4.78 is 4.96. The average Bonchev–Trinajstić information content (AvgIpc) is 3.12. The van der Waals surface area contributed by atoms with E-state index >= 15 is 0 Å². The van der Waals surface area contributed by atoms with E-state index in [9.17, 15) is 4.79 Å². The van der Waals surface area contributed by atoms with Crippen molar-refractivity contribution in [3.63, 3.8) is 0 Å². The molecule has 0 bridgehead atoms. The number of carbonyl (C=O) groups excluding carboxylic acids is 1. The van der Waals surface area contributed by atoms with E-state index in [0.717, 1.165) is 41.4 Å². The number of rotatable bonds is 5. The van der Waals surface area contributed by atoms with E-state index in [1.165, 1.54) is 18.2 Å². The molecule has 0 radical (unpaired) electrons. The van der Waals surface area contributed by atoms with Crippen molar-refractivity contribution in [1.82, 2.24) is 9.88 Å². The lowest BCUT2D eigenvalue weighted by Crippen LogP contribution is -2.42. The fourth-order valence-corrected chi connectivity index (χ4v) is 4.61. The number of fused-ring (bicyclic) bond motifs is 1. The highest BCUT2D eigenvalue weighted by Gasteiger charge is 2.36. The van der Waals surface area contributed by atoms with Gasteiger partial charge < -0.3 is 9.72 Å². The highest BCUT2D eigenvalue weighted by Crippen LogP contribution is 2.43. The lowest BCUT2D eigenvalue weighted by Gasteiger charge is -2.43. The van der Waals surface area contributed by atoms with Crippen molar-refractivity contribution in [1.29, 1.82) is 0 Å². The highest BCUT2D eigenvalue weighted by molar-refractivity contribution is 5.92. The molecule has 3 aromatic rings. The fraction of sp³-hybridized carbons (Fsp3) is 0.320. The van der Waals surface area contributed by atoms with E-state index in [4.69, 9.17) is 4.74 Å². The third-order valence-electron chi connectivity index (χ3n) is 6.34. The average molecular weight is 389 g/mol. The first-order valence-corrected chi connectivity index (χ1v) is 10.1. The second kappa shape index (κ2) is 7.88. The predicted octanol–water partition coefficient (Wildman–Crippen LogP) is 4.91. The van der Waals surface area contributed by atoms with Crippen LogP contribution in [0.3, 0.4) is 0 Å². The molecule has 2 aromatic carbocycles. The number of ether oxygens (including phenoxy) is 1. The van der Waals surface area contributed by atoms with E-state index < -0.39 is 0 Å². The number of para-hydroxylation sites is 1. The van der Waals surface area contributed by atoms with E-state index in [-0.39, 0.29) is 17.9 Å². The molecule has 1 atom stereocenters. The lowest BCUT2D eigenvalue weighted by atomic mass is 9.75. The Morgan fingerprint density at radius 3 is 2.48 bits per heavy atom. The molecule has 0 saturated carbocycles. The second-order valence-corrected chi connectivity index (χ2v) is 8.00. The van der Waals surface area contributed by atoms with Crippen LogP contribution in [0.1, 0.15) is 36.1 Å². The summed E-state index contributed by atoms with van der Waals surface area (Å²) >= 11 is 0. The van der Waals surface area contributed by atoms with Crippen LogP contribution in [-0.2, 0) is 21.5 Å². The Hall–Kier alpha value is -2.85. The maximum Gasteiger partial charge on any atom is 0.310 e. The molecule has 1 unspecified atom stereocenters. The van der Waals surface area contributed by atoms with Crippen molar-refractivity contribution in [2.45, 2.75) is 31.2 Å². The van der Waals surface area contributed by atoms with Crippen LogP contribution in [-0.4, -0.2) is 37.1 Å². The number of methoxy groups -OCH3 is 1. The van der Waals surface area contributed by atoms with Gasteiger partial charge in [0.25, 0.3) is 0 Å². The fourth-order valence-electron chi connectivity index (χ4n) is 4.61. The number of nitrogens with zero attached hydrogens (tertiary/aromatic N) is 1. The molecule has 4 heteroatoms. The van der Waals surface area contributed by atoms with Crippen LogP contribution in [0.5, 0.6) is 0 Å². The molecule has 0 spiro atoms. The standard InChI is InChI=1S/C25H28N2O2/c1-27(2)25(19-9-5-4-6-10-19)15-13-18(14-16-25)24-21(17-23(28)29-3)20-11-7-8-12-22(20)26-24/h4-13,26H,14-17H2,1-3H3. The van der Waals surface area contributed by atoms with Gasteiger partial charge in [-0.2, -0.15) is 0 Å². The molecule has 4 nitrogen and oxygen atoms in total. The number of aromatic amines is 1. The summed E-state index contributed by atoms with van der Waals surface area (Å²) in [4.78, 5) is 18.0. The maximum absolute atomic E-state index is 12.1. The van der Waals surface area contributed by atoms with Crippen LogP contribution >= 0.6 is 0 Å². The molecule has 0 amide bonds. The van der Waals surface area contributed by atoms with Gasteiger partial charge in [0, 0.05) is 22.1 Å². The third-order valence-corrected chi connectivity index (χ3v) is 6.34. The second-order valence-electron chi connectivity index (χ2n) is 8.00. The Morgan fingerprint density at radius 1 is 1.10 bits per heavy atom. The first kappa shape index (κ1) is 19.5. The molecule has 0 saturated heterocycles. The summed E-state index contributed by atoms with van der Waals surface area (Å²) in [5.41, 5.74) is 5.82. The molecule has 29 heavy (non-hydrogen) atoms. The summed E-state index contributed by atoms with van der Waals surface area (Å²) in [6.07, 6.45) is 5.55. The maximum atomic E-state index is 12.1.